The maximum absolute atomic E-state index is 11.7. The Balaban J connectivity index is 2.57. The quantitative estimate of drug-likeness (QED) is 0.338. The van der Waals surface area contributed by atoms with Crippen LogP contribution in [0.2, 0.25) is 0 Å². The molecule has 0 saturated heterocycles. The number of carbonyl (C=O) groups is 3. The summed E-state index contributed by atoms with van der Waals surface area (Å²) in [5, 5.41) is 0. The average Bonchev–Trinajstić information content (AvgIpc) is 2.42. The second-order valence-electron chi connectivity index (χ2n) is 3.61. The second kappa shape index (κ2) is 7.10. The molecule has 19 heavy (non-hydrogen) atoms. The fraction of sp³-hybridized carbons (Fsp3) is 0.214. The molecule has 0 aromatic heterocycles. The first kappa shape index (κ1) is 14.6. The summed E-state index contributed by atoms with van der Waals surface area (Å²) in [6, 6.07) is 6.37. The van der Waals surface area contributed by atoms with Crippen LogP contribution in [0.15, 0.2) is 36.9 Å². The van der Waals surface area contributed by atoms with Gasteiger partial charge in [-0.05, 0) is 13.0 Å². The van der Waals surface area contributed by atoms with Crippen LogP contribution in [0, 0.1) is 0 Å². The van der Waals surface area contributed by atoms with Crippen LogP contribution >= 0.6 is 0 Å². The van der Waals surface area contributed by atoms with Crippen LogP contribution in [0.4, 0.5) is 0 Å². The fourth-order valence-electron chi connectivity index (χ4n) is 1.38. The van der Waals surface area contributed by atoms with E-state index in [9.17, 15) is 14.4 Å². The van der Waals surface area contributed by atoms with E-state index < -0.39 is 11.9 Å². The molecule has 5 heteroatoms. The zero-order valence-corrected chi connectivity index (χ0v) is 10.5. The highest BCUT2D eigenvalue weighted by molar-refractivity contribution is 6.05. The van der Waals surface area contributed by atoms with E-state index in [1.807, 2.05) is 0 Å². The molecule has 0 amide bonds. The summed E-state index contributed by atoms with van der Waals surface area (Å²) in [7, 11) is 0. The molecule has 0 unspecified atom stereocenters. The Bertz CT molecular complexity index is 504. The first-order chi connectivity index (χ1) is 9.06. The standard InChI is InChI=1S/C14H14O5/c1-3-13(16)18-8-9-19-14(17)12-7-5-4-6-11(12)10(2)15/h3-7H,1,8-9H2,2H3. The molecular formula is C14H14O5. The lowest BCUT2D eigenvalue weighted by molar-refractivity contribution is -0.138. The Labute approximate surface area is 110 Å². The Hall–Kier alpha value is -2.43. The monoisotopic (exact) mass is 262 g/mol. The lowest BCUT2D eigenvalue weighted by Crippen LogP contribution is -2.15. The van der Waals surface area contributed by atoms with Gasteiger partial charge in [0.1, 0.15) is 13.2 Å². The number of esters is 2. The molecule has 0 aliphatic carbocycles. The molecule has 0 atom stereocenters. The van der Waals surface area contributed by atoms with Crippen molar-refractivity contribution in [1.82, 2.24) is 0 Å². The van der Waals surface area contributed by atoms with Crippen molar-refractivity contribution in [2.45, 2.75) is 6.92 Å². The van der Waals surface area contributed by atoms with Crippen molar-refractivity contribution in [2.75, 3.05) is 13.2 Å². The Kier molecular flexibility index (Phi) is 5.47. The van der Waals surface area contributed by atoms with Crippen LogP contribution in [0.25, 0.3) is 0 Å². The van der Waals surface area contributed by atoms with E-state index in [-0.39, 0.29) is 24.6 Å². The molecule has 1 rings (SSSR count). The number of hydrogen-bond donors (Lipinski definition) is 0. The molecule has 0 spiro atoms. The van der Waals surface area contributed by atoms with Gasteiger partial charge in [0, 0.05) is 11.6 Å². The van der Waals surface area contributed by atoms with Crippen LogP contribution in [0.3, 0.4) is 0 Å². The topological polar surface area (TPSA) is 69.7 Å². The van der Waals surface area contributed by atoms with Crippen LogP contribution < -0.4 is 0 Å². The molecule has 1 aromatic rings. The highest BCUT2D eigenvalue weighted by atomic mass is 16.6. The highest BCUT2D eigenvalue weighted by Crippen LogP contribution is 2.10. The summed E-state index contributed by atoms with van der Waals surface area (Å²) < 4.78 is 9.57. The molecule has 0 radical (unpaired) electrons. The maximum atomic E-state index is 11.7. The summed E-state index contributed by atoms with van der Waals surface area (Å²) in [5.41, 5.74) is 0.501. The second-order valence-corrected chi connectivity index (χ2v) is 3.61. The van der Waals surface area contributed by atoms with Crippen molar-refractivity contribution < 1.29 is 23.9 Å². The van der Waals surface area contributed by atoms with E-state index >= 15 is 0 Å². The van der Waals surface area contributed by atoms with E-state index in [0.29, 0.717) is 5.56 Å². The summed E-state index contributed by atoms with van der Waals surface area (Å²) >= 11 is 0. The first-order valence-electron chi connectivity index (χ1n) is 5.62. The van der Waals surface area contributed by atoms with E-state index in [1.54, 1.807) is 18.2 Å². The van der Waals surface area contributed by atoms with Gasteiger partial charge in [0.05, 0.1) is 5.56 Å². The van der Waals surface area contributed by atoms with Crippen LogP contribution in [0.1, 0.15) is 27.6 Å². The zero-order chi connectivity index (χ0) is 14.3. The van der Waals surface area contributed by atoms with Crippen molar-refractivity contribution in [1.29, 1.82) is 0 Å². The molecule has 0 aliphatic rings. The van der Waals surface area contributed by atoms with Gasteiger partial charge in [-0.3, -0.25) is 4.79 Å². The number of carbonyl (C=O) groups excluding carboxylic acids is 3. The third kappa shape index (κ3) is 4.39. The smallest absolute Gasteiger partial charge is 0.338 e. The van der Waals surface area contributed by atoms with Gasteiger partial charge in [-0.25, -0.2) is 9.59 Å². The minimum absolute atomic E-state index is 0.0567. The van der Waals surface area contributed by atoms with E-state index in [0.717, 1.165) is 6.08 Å². The van der Waals surface area contributed by atoms with Crippen molar-refractivity contribution in [2.24, 2.45) is 0 Å². The molecule has 1 aromatic carbocycles. The number of rotatable bonds is 6. The molecular weight excluding hydrogens is 248 g/mol. The molecule has 100 valence electrons. The van der Waals surface area contributed by atoms with Crippen molar-refractivity contribution >= 4 is 17.7 Å². The molecule has 0 fully saturated rings. The molecule has 5 nitrogen and oxygen atoms in total. The lowest BCUT2D eigenvalue weighted by Gasteiger charge is -2.07. The lowest BCUT2D eigenvalue weighted by atomic mass is 10.0. The van der Waals surface area contributed by atoms with E-state index in [1.165, 1.54) is 13.0 Å². The van der Waals surface area contributed by atoms with Gasteiger partial charge in [0.15, 0.2) is 5.78 Å². The van der Waals surface area contributed by atoms with E-state index in [4.69, 9.17) is 4.74 Å². The van der Waals surface area contributed by atoms with Crippen LogP contribution in [-0.2, 0) is 14.3 Å². The Morgan fingerprint density at radius 1 is 1.11 bits per heavy atom. The molecule has 0 aliphatic heterocycles. The SMILES string of the molecule is C=CC(=O)OCCOC(=O)c1ccccc1C(C)=O. The predicted octanol–water partition coefficient (Wildman–Crippen LogP) is 1.78. The Morgan fingerprint density at radius 2 is 1.68 bits per heavy atom. The fourth-order valence-corrected chi connectivity index (χ4v) is 1.38. The van der Waals surface area contributed by atoms with Gasteiger partial charge in [-0.1, -0.05) is 24.8 Å². The summed E-state index contributed by atoms with van der Waals surface area (Å²) in [6.07, 6.45) is 1.02. The van der Waals surface area contributed by atoms with Crippen molar-refractivity contribution in [3.63, 3.8) is 0 Å². The summed E-state index contributed by atoms with van der Waals surface area (Å²) in [4.78, 5) is 33.8. The van der Waals surface area contributed by atoms with Gasteiger partial charge in [0.2, 0.25) is 0 Å². The van der Waals surface area contributed by atoms with E-state index in [2.05, 4.69) is 11.3 Å². The van der Waals surface area contributed by atoms with Gasteiger partial charge < -0.3 is 9.47 Å². The van der Waals surface area contributed by atoms with Gasteiger partial charge in [0.25, 0.3) is 0 Å². The molecule has 0 saturated carbocycles. The number of ketones is 1. The number of Topliss-reactive ketones (excluding diaryl/α,β-unsaturated/α-hetero) is 1. The zero-order valence-electron chi connectivity index (χ0n) is 10.5. The average molecular weight is 262 g/mol. The summed E-state index contributed by atoms with van der Waals surface area (Å²) in [6.45, 7) is 4.47. The van der Waals surface area contributed by atoms with Crippen LogP contribution in [-0.4, -0.2) is 30.9 Å². The molecule has 0 bridgehead atoms. The Morgan fingerprint density at radius 3 is 2.26 bits per heavy atom. The third-order valence-corrected chi connectivity index (χ3v) is 2.25. The van der Waals surface area contributed by atoms with Gasteiger partial charge >= 0.3 is 11.9 Å². The van der Waals surface area contributed by atoms with Crippen molar-refractivity contribution in [3.05, 3.63) is 48.0 Å². The highest BCUT2D eigenvalue weighted by Gasteiger charge is 2.14. The number of benzene rings is 1. The number of hydrogen-bond acceptors (Lipinski definition) is 5. The maximum Gasteiger partial charge on any atom is 0.338 e. The molecule has 0 heterocycles. The largest absolute Gasteiger partial charge is 0.459 e. The number of ether oxygens (including phenoxy) is 2. The molecule has 0 N–H and O–H groups in total. The van der Waals surface area contributed by atoms with Crippen LogP contribution in [0.5, 0.6) is 0 Å². The van der Waals surface area contributed by atoms with Crippen molar-refractivity contribution in [3.8, 4) is 0 Å². The first-order valence-corrected chi connectivity index (χ1v) is 5.62. The minimum Gasteiger partial charge on any atom is -0.459 e. The third-order valence-electron chi connectivity index (χ3n) is 2.25. The summed E-state index contributed by atoms with van der Waals surface area (Å²) in [5.74, 6) is -1.42. The minimum atomic E-state index is -0.625. The normalized spacial score (nSPS) is 9.53. The predicted molar refractivity (Wildman–Crippen MR) is 67.9 cm³/mol. The van der Waals surface area contributed by atoms with Gasteiger partial charge in [-0.15, -0.1) is 0 Å². The van der Waals surface area contributed by atoms with Gasteiger partial charge in [-0.2, -0.15) is 0 Å².